The first-order chi connectivity index (χ1) is 18.1. The first-order valence-corrected chi connectivity index (χ1v) is 16.6. The number of nitrogens with zero attached hydrogens (tertiary/aromatic N) is 3. The largest absolute Gasteiger partial charge is 0.488 e. The second kappa shape index (κ2) is 12.3. The smallest absolute Gasteiger partial charge is 0.425 e. The van der Waals surface area contributed by atoms with Crippen LogP contribution >= 0.6 is 15.9 Å². The number of benzene rings is 1. The molecule has 1 unspecified atom stereocenters. The van der Waals surface area contributed by atoms with Gasteiger partial charge in [-0.15, -0.1) is 0 Å². The average Bonchev–Trinajstić information content (AvgIpc) is 2.79. The quantitative estimate of drug-likeness (QED) is 0.147. The molecular formula is C25H29BrF5N3O4Si. The molecule has 0 saturated carbocycles. The molecule has 2 atom stereocenters. The van der Waals surface area contributed by atoms with Crippen molar-refractivity contribution in [1.82, 2.24) is 14.3 Å². The zero-order chi connectivity index (χ0) is 29.1. The Hall–Kier alpha value is -2.58. The predicted octanol–water partition coefficient (Wildman–Crippen LogP) is 5.99. The van der Waals surface area contributed by atoms with Crippen molar-refractivity contribution in [3.05, 3.63) is 67.2 Å². The van der Waals surface area contributed by atoms with Crippen LogP contribution < -0.4 is 15.9 Å². The first kappa shape index (κ1) is 31.0. The van der Waals surface area contributed by atoms with Gasteiger partial charge in [-0.25, -0.2) is 13.5 Å². The van der Waals surface area contributed by atoms with Gasteiger partial charge in [0.25, 0.3) is 11.1 Å². The van der Waals surface area contributed by atoms with E-state index < -0.39 is 68.1 Å². The van der Waals surface area contributed by atoms with E-state index in [4.69, 9.17) is 9.47 Å². The lowest BCUT2D eigenvalue weighted by Gasteiger charge is -2.21. The van der Waals surface area contributed by atoms with E-state index in [-0.39, 0.29) is 22.9 Å². The van der Waals surface area contributed by atoms with E-state index in [1.165, 1.54) is 25.3 Å². The standard InChI is InChI=1S/C25H29BrF5N3O4Si/c1-15(9-17(27)13-33-6-5-16-10-19(26)20(28)11-18(16)23(33)35)38-21-12-32-34(14-37-7-8-39(2,3)4)24(36)22(21)25(29,30)31/h5-6,10-12,15,17H,7-9,13-14H2,1-4H3/t15-,17?/m0/s1. The van der Waals surface area contributed by atoms with E-state index in [2.05, 4.69) is 40.7 Å². The summed E-state index contributed by atoms with van der Waals surface area (Å²) < 4.78 is 82.5. The number of hydrogen-bond acceptors (Lipinski definition) is 5. The Morgan fingerprint density at radius 3 is 2.49 bits per heavy atom. The number of fused-ring (bicyclic) bond motifs is 1. The van der Waals surface area contributed by atoms with Crippen LogP contribution in [0.25, 0.3) is 10.8 Å². The summed E-state index contributed by atoms with van der Waals surface area (Å²) in [4.78, 5) is 25.2. The normalized spacial score (nSPS) is 14.0. The summed E-state index contributed by atoms with van der Waals surface area (Å²) in [7, 11) is -1.43. The van der Waals surface area contributed by atoms with Gasteiger partial charge in [-0.05, 0) is 52.5 Å². The molecule has 39 heavy (non-hydrogen) atoms. The Balaban J connectivity index is 1.71. The summed E-state index contributed by atoms with van der Waals surface area (Å²) in [6, 6.07) is 4.76. The molecule has 2 heterocycles. The molecule has 0 aliphatic rings. The van der Waals surface area contributed by atoms with E-state index in [0.29, 0.717) is 10.1 Å². The molecule has 0 saturated heterocycles. The van der Waals surface area contributed by atoms with Gasteiger partial charge in [-0.2, -0.15) is 18.3 Å². The maximum atomic E-state index is 14.9. The number of alkyl halides is 4. The van der Waals surface area contributed by atoms with Gasteiger partial charge in [0.2, 0.25) is 0 Å². The van der Waals surface area contributed by atoms with Crippen LogP contribution in [0.5, 0.6) is 5.75 Å². The minimum Gasteiger partial charge on any atom is -0.488 e. The molecule has 0 radical (unpaired) electrons. The van der Waals surface area contributed by atoms with Gasteiger partial charge in [0.05, 0.1) is 28.7 Å². The maximum absolute atomic E-state index is 14.9. The van der Waals surface area contributed by atoms with Gasteiger partial charge in [0, 0.05) is 27.3 Å². The van der Waals surface area contributed by atoms with Crippen LogP contribution in [0.3, 0.4) is 0 Å². The molecule has 214 valence electrons. The Morgan fingerprint density at radius 2 is 1.85 bits per heavy atom. The molecule has 3 aromatic rings. The fourth-order valence-corrected chi connectivity index (χ4v) is 4.90. The Labute approximate surface area is 230 Å². The third-order valence-electron chi connectivity index (χ3n) is 5.83. The van der Waals surface area contributed by atoms with Gasteiger partial charge in [-0.3, -0.25) is 9.59 Å². The van der Waals surface area contributed by atoms with Crippen molar-refractivity contribution in [2.75, 3.05) is 6.61 Å². The summed E-state index contributed by atoms with van der Waals surface area (Å²) in [5, 5.41) is 4.25. The maximum Gasteiger partial charge on any atom is 0.425 e. The van der Waals surface area contributed by atoms with Gasteiger partial charge in [0.1, 0.15) is 18.7 Å². The van der Waals surface area contributed by atoms with Crippen molar-refractivity contribution >= 4 is 34.8 Å². The summed E-state index contributed by atoms with van der Waals surface area (Å²) in [6.45, 7) is 7.07. The summed E-state index contributed by atoms with van der Waals surface area (Å²) in [5.41, 5.74) is -3.61. The lowest BCUT2D eigenvalue weighted by molar-refractivity contribution is -0.141. The van der Waals surface area contributed by atoms with Crippen LogP contribution in [0.2, 0.25) is 25.7 Å². The molecule has 7 nitrogen and oxygen atoms in total. The number of rotatable bonds is 11. The van der Waals surface area contributed by atoms with Gasteiger partial charge in [0.15, 0.2) is 11.3 Å². The van der Waals surface area contributed by atoms with Gasteiger partial charge >= 0.3 is 6.18 Å². The van der Waals surface area contributed by atoms with E-state index in [1.54, 1.807) is 0 Å². The molecular weight excluding hydrogens is 609 g/mol. The molecule has 0 N–H and O–H groups in total. The van der Waals surface area contributed by atoms with Crippen LogP contribution in [0.4, 0.5) is 22.0 Å². The Bertz CT molecular complexity index is 1440. The van der Waals surface area contributed by atoms with Crippen molar-refractivity contribution in [3.8, 4) is 5.75 Å². The minimum atomic E-state index is -5.05. The first-order valence-electron chi connectivity index (χ1n) is 12.1. The highest BCUT2D eigenvalue weighted by Gasteiger charge is 2.39. The molecule has 0 aliphatic heterocycles. The third-order valence-corrected chi connectivity index (χ3v) is 8.14. The lowest BCUT2D eigenvalue weighted by Crippen LogP contribution is -2.33. The second-order valence-electron chi connectivity index (χ2n) is 10.4. The molecule has 14 heteroatoms. The molecule has 3 rings (SSSR count). The number of ether oxygens (including phenoxy) is 2. The van der Waals surface area contributed by atoms with Crippen molar-refractivity contribution in [2.24, 2.45) is 0 Å². The molecule has 0 aliphatic carbocycles. The van der Waals surface area contributed by atoms with Crippen LogP contribution in [-0.2, 0) is 24.2 Å². The van der Waals surface area contributed by atoms with E-state index >= 15 is 0 Å². The predicted molar refractivity (Wildman–Crippen MR) is 143 cm³/mol. The van der Waals surface area contributed by atoms with E-state index in [1.807, 2.05) is 0 Å². The van der Waals surface area contributed by atoms with Crippen LogP contribution in [0.15, 0.2) is 44.7 Å². The van der Waals surface area contributed by atoms with Crippen molar-refractivity contribution in [1.29, 1.82) is 0 Å². The number of aromatic nitrogens is 3. The molecule has 0 bridgehead atoms. The molecule has 1 aromatic carbocycles. The number of hydrogen-bond donors (Lipinski definition) is 0. The van der Waals surface area contributed by atoms with Crippen molar-refractivity contribution in [2.45, 2.75) is 70.8 Å². The topological polar surface area (TPSA) is 75.3 Å². The Morgan fingerprint density at radius 1 is 1.15 bits per heavy atom. The average molecular weight is 639 g/mol. The summed E-state index contributed by atoms with van der Waals surface area (Å²) in [5.74, 6) is -1.47. The van der Waals surface area contributed by atoms with Crippen LogP contribution in [0, 0.1) is 5.82 Å². The van der Waals surface area contributed by atoms with E-state index in [0.717, 1.165) is 22.9 Å². The van der Waals surface area contributed by atoms with E-state index in [9.17, 15) is 31.5 Å². The zero-order valence-corrected chi connectivity index (χ0v) is 24.4. The fraction of sp³-hybridized carbons (Fsp3) is 0.480. The molecule has 0 spiro atoms. The van der Waals surface area contributed by atoms with Crippen molar-refractivity contribution < 1.29 is 31.4 Å². The SMILES string of the molecule is C[C@@H](CC(F)Cn1ccc2cc(Br)c(F)cc2c1=O)Oc1cnn(COCC[Si](C)(C)C)c(=O)c1C(F)(F)F. The lowest BCUT2D eigenvalue weighted by atomic mass is 10.1. The minimum absolute atomic E-state index is 0.0561. The molecule has 2 aromatic heterocycles. The highest BCUT2D eigenvalue weighted by molar-refractivity contribution is 9.10. The monoisotopic (exact) mass is 637 g/mol. The zero-order valence-electron chi connectivity index (χ0n) is 21.8. The van der Waals surface area contributed by atoms with Gasteiger partial charge in [-0.1, -0.05) is 19.6 Å². The van der Waals surface area contributed by atoms with Crippen LogP contribution in [0.1, 0.15) is 18.9 Å². The fourth-order valence-electron chi connectivity index (χ4n) is 3.78. The molecule has 0 amide bonds. The number of pyridine rings is 1. The second-order valence-corrected chi connectivity index (χ2v) is 16.9. The highest BCUT2D eigenvalue weighted by atomic mass is 79.9. The molecule has 0 fully saturated rings. The van der Waals surface area contributed by atoms with Crippen LogP contribution in [-0.4, -0.2) is 41.3 Å². The van der Waals surface area contributed by atoms with Gasteiger partial charge < -0.3 is 14.0 Å². The number of halogens is 6. The summed E-state index contributed by atoms with van der Waals surface area (Å²) >= 11 is 3.04. The third kappa shape index (κ3) is 8.21. The van der Waals surface area contributed by atoms with Crippen molar-refractivity contribution in [3.63, 3.8) is 0 Å². The highest BCUT2D eigenvalue weighted by Crippen LogP contribution is 2.34. The summed E-state index contributed by atoms with van der Waals surface area (Å²) in [6.07, 6.45) is -6.12. The Kier molecular flexibility index (Phi) is 9.76.